The molecule has 6 nitrogen and oxygen atoms in total. The van der Waals surface area contributed by atoms with Crippen molar-refractivity contribution in [2.45, 2.75) is 25.9 Å². The highest BCUT2D eigenvalue weighted by atomic mass is 32.2. The van der Waals surface area contributed by atoms with E-state index in [1.807, 2.05) is 27.9 Å². The number of hydrogen-bond acceptors (Lipinski definition) is 3. The number of aryl methyl sites for hydroxylation is 1. The molecule has 0 aliphatic rings. The smallest absolute Gasteiger partial charge is 0.265 e. The SMILES string of the molecule is C#CCCOCCn1cc[n+](CCCS(=O)(=O)O)c1. The number of imidazole rings is 1. The molecule has 0 unspecified atom stereocenters. The lowest BCUT2D eigenvalue weighted by Gasteiger charge is -1.99. The van der Waals surface area contributed by atoms with Crippen LogP contribution in [-0.2, 0) is 27.9 Å². The Bertz CT molecular complexity index is 516. The maximum atomic E-state index is 10.6. The van der Waals surface area contributed by atoms with E-state index in [1.54, 1.807) is 0 Å². The van der Waals surface area contributed by atoms with Gasteiger partial charge in [0.2, 0.25) is 6.33 Å². The summed E-state index contributed by atoms with van der Waals surface area (Å²) in [7, 11) is -3.87. The van der Waals surface area contributed by atoms with Gasteiger partial charge in [0, 0.05) is 12.8 Å². The highest BCUT2D eigenvalue weighted by Crippen LogP contribution is 1.91. The van der Waals surface area contributed by atoms with E-state index in [4.69, 9.17) is 15.7 Å². The Labute approximate surface area is 113 Å². The average molecular weight is 287 g/mol. The monoisotopic (exact) mass is 287 g/mol. The predicted octanol–water partition coefficient (Wildman–Crippen LogP) is 0.0934. The van der Waals surface area contributed by atoms with Crippen molar-refractivity contribution in [3.8, 4) is 12.3 Å². The summed E-state index contributed by atoms with van der Waals surface area (Å²) < 4.78 is 38.9. The Morgan fingerprint density at radius 2 is 2.21 bits per heavy atom. The van der Waals surface area contributed by atoms with Gasteiger partial charge in [0.25, 0.3) is 10.1 Å². The molecule has 19 heavy (non-hydrogen) atoms. The number of terminal acetylenes is 1. The number of ether oxygens (including phenoxy) is 1. The van der Waals surface area contributed by atoms with Crippen LogP contribution >= 0.6 is 0 Å². The van der Waals surface area contributed by atoms with E-state index in [2.05, 4.69) is 5.92 Å². The summed E-state index contributed by atoms with van der Waals surface area (Å²) in [5.74, 6) is 2.28. The zero-order valence-corrected chi connectivity index (χ0v) is 11.6. The van der Waals surface area contributed by atoms with Crippen LogP contribution in [0.3, 0.4) is 0 Å². The third-order valence-corrected chi connectivity index (χ3v) is 3.25. The summed E-state index contributed by atoms with van der Waals surface area (Å²) in [4.78, 5) is 0. The van der Waals surface area contributed by atoms with E-state index in [0.717, 1.165) is 6.54 Å². The third kappa shape index (κ3) is 7.62. The van der Waals surface area contributed by atoms with E-state index in [-0.39, 0.29) is 5.75 Å². The maximum absolute atomic E-state index is 10.6. The number of aromatic nitrogens is 2. The highest BCUT2D eigenvalue weighted by Gasteiger charge is 2.07. The summed E-state index contributed by atoms with van der Waals surface area (Å²) >= 11 is 0. The van der Waals surface area contributed by atoms with E-state index in [0.29, 0.717) is 32.6 Å². The molecule has 1 rings (SSSR count). The Kier molecular flexibility index (Phi) is 6.56. The first-order valence-corrected chi connectivity index (χ1v) is 7.63. The Morgan fingerprint density at radius 1 is 1.42 bits per heavy atom. The molecule has 1 heterocycles. The molecular weight excluding hydrogens is 268 g/mol. The largest absolute Gasteiger partial charge is 0.376 e. The van der Waals surface area contributed by atoms with Gasteiger partial charge in [-0.1, -0.05) is 0 Å². The van der Waals surface area contributed by atoms with Crippen LogP contribution in [0.5, 0.6) is 0 Å². The molecule has 1 aromatic rings. The molecule has 7 heteroatoms. The minimum atomic E-state index is -3.87. The van der Waals surface area contributed by atoms with Crippen LogP contribution in [0.25, 0.3) is 0 Å². The molecule has 1 N–H and O–H groups in total. The van der Waals surface area contributed by atoms with Crippen LogP contribution in [-0.4, -0.2) is 36.5 Å². The van der Waals surface area contributed by atoms with Gasteiger partial charge in [0.05, 0.1) is 25.5 Å². The fourth-order valence-electron chi connectivity index (χ4n) is 1.54. The molecule has 0 bridgehead atoms. The number of rotatable bonds is 9. The number of nitrogens with zero attached hydrogens (tertiary/aromatic N) is 2. The second-order valence-electron chi connectivity index (χ2n) is 4.10. The van der Waals surface area contributed by atoms with Crippen LogP contribution in [0, 0.1) is 12.3 Å². The molecule has 0 spiro atoms. The molecule has 0 amide bonds. The minimum Gasteiger partial charge on any atom is -0.376 e. The van der Waals surface area contributed by atoms with Gasteiger partial charge >= 0.3 is 0 Å². The Hall–Kier alpha value is -1.36. The summed E-state index contributed by atoms with van der Waals surface area (Å²) in [5.41, 5.74) is 0. The van der Waals surface area contributed by atoms with Crippen molar-refractivity contribution in [3.63, 3.8) is 0 Å². The van der Waals surface area contributed by atoms with Crippen molar-refractivity contribution in [1.82, 2.24) is 4.57 Å². The fourth-order valence-corrected chi connectivity index (χ4v) is 2.03. The van der Waals surface area contributed by atoms with E-state index in [9.17, 15) is 8.42 Å². The molecule has 0 saturated carbocycles. The first-order valence-electron chi connectivity index (χ1n) is 6.02. The zero-order chi connectivity index (χ0) is 14.1. The van der Waals surface area contributed by atoms with Crippen LogP contribution in [0.2, 0.25) is 0 Å². The van der Waals surface area contributed by atoms with Gasteiger partial charge in [-0.25, -0.2) is 9.13 Å². The van der Waals surface area contributed by atoms with Gasteiger partial charge in [0.15, 0.2) is 0 Å². The maximum Gasteiger partial charge on any atom is 0.265 e. The normalized spacial score (nSPS) is 11.4. The molecule has 0 fully saturated rings. The molecule has 0 radical (unpaired) electrons. The van der Waals surface area contributed by atoms with Gasteiger partial charge in [-0.05, 0) is 0 Å². The molecule has 0 saturated heterocycles. The van der Waals surface area contributed by atoms with Crippen LogP contribution in [0.1, 0.15) is 12.8 Å². The van der Waals surface area contributed by atoms with Crippen molar-refractivity contribution >= 4 is 10.1 Å². The topological polar surface area (TPSA) is 72.4 Å². The molecular formula is C12H19N2O4S+. The van der Waals surface area contributed by atoms with Crippen molar-refractivity contribution in [1.29, 1.82) is 0 Å². The Morgan fingerprint density at radius 3 is 2.89 bits per heavy atom. The molecule has 0 aliphatic carbocycles. The van der Waals surface area contributed by atoms with Crippen LogP contribution < -0.4 is 4.57 Å². The lowest BCUT2D eigenvalue weighted by molar-refractivity contribution is -0.696. The highest BCUT2D eigenvalue weighted by molar-refractivity contribution is 7.85. The van der Waals surface area contributed by atoms with Crippen LogP contribution in [0.15, 0.2) is 18.7 Å². The molecule has 106 valence electrons. The van der Waals surface area contributed by atoms with E-state index in [1.165, 1.54) is 0 Å². The average Bonchev–Trinajstić information content (AvgIpc) is 2.75. The van der Waals surface area contributed by atoms with Gasteiger partial charge in [-0.15, -0.1) is 12.3 Å². The molecule has 0 atom stereocenters. The summed E-state index contributed by atoms with van der Waals surface area (Å²) in [6, 6.07) is 0. The fraction of sp³-hybridized carbons (Fsp3) is 0.583. The lowest BCUT2D eigenvalue weighted by Crippen LogP contribution is -2.32. The summed E-state index contributed by atoms with van der Waals surface area (Å²) in [6.45, 7) is 2.41. The second kappa shape index (κ2) is 7.94. The first kappa shape index (κ1) is 15.7. The van der Waals surface area contributed by atoms with Crippen molar-refractivity contribution in [3.05, 3.63) is 18.7 Å². The Balaban J connectivity index is 2.23. The quantitative estimate of drug-likeness (QED) is 0.302. The molecule has 1 aromatic heterocycles. The first-order chi connectivity index (χ1) is 9.01. The third-order valence-electron chi connectivity index (χ3n) is 2.45. The van der Waals surface area contributed by atoms with Crippen molar-refractivity contribution < 1.29 is 22.3 Å². The molecule has 0 aromatic carbocycles. The zero-order valence-electron chi connectivity index (χ0n) is 10.7. The number of hydrogen-bond donors (Lipinski definition) is 1. The van der Waals surface area contributed by atoms with Crippen molar-refractivity contribution in [2.75, 3.05) is 19.0 Å². The molecule has 0 aliphatic heterocycles. The minimum absolute atomic E-state index is 0.222. The van der Waals surface area contributed by atoms with Crippen molar-refractivity contribution in [2.24, 2.45) is 0 Å². The predicted molar refractivity (Wildman–Crippen MR) is 69.9 cm³/mol. The van der Waals surface area contributed by atoms with E-state index < -0.39 is 10.1 Å². The van der Waals surface area contributed by atoms with E-state index >= 15 is 0 Å². The van der Waals surface area contributed by atoms with Gasteiger partial charge in [-0.3, -0.25) is 4.55 Å². The second-order valence-corrected chi connectivity index (χ2v) is 5.67. The van der Waals surface area contributed by atoms with Gasteiger partial charge < -0.3 is 4.74 Å². The standard InChI is InChI=1S/C12H18N2O4S/c1-2-3-9-18-10-8-14-7-6-13(12-14)5-4-11-19(15,16)17/h1,6-7,12H,3-5,8-11H2/p+1. The summed E-state index contributed by atoms with van der Waals surface area (Å²) in [5, 5.41) is 0. The van der Waals surface area contributed by atoms with Crippen LogP contribution in [0.4, 0.5) is 0 Å². The lowest BCUT2D eigenvalue weighted by atomic mass is 10.5. The van der Waals surface area contributed by atoms with Gasteiger partial charge in [-0.2, -0.15) is 8.42 Å². The summed E-state index contributed by atoms with van der Waals surface area (Å²) in [6.07, 6.45) is 11.7. The van der Waals surface area contributed by atoms with Gasteiger partial charge in [0.1, 0.15) is 18.9 Å².